The van der Waals surface area contributed by atoms with Gasteiger partial charge in [-0.3, -0.25) is 13.9 Å². The SMILES string of the molecule is Cc1ccc(N(CC(=O)N(Cc2cccc(Cl)c2)[C@@H](Cc2ccccc2)C(=O)NC(C)(C)C)S(=O)(=O)c2ccccc2)cc1. The number of carbonyl (C=O) groups excluding carboxylic acids is 2. The molecule has 9 heteroatoms. The second-order valence-electron chi connectivity index (χ2n) is 11.8. The molecule has 0 saturated carbocycles. The molecule has 1 N–H and O–H groups in total. The number of nitrogens with one attached hydrogen (secondary N) is 1. The third-order valence-corrected chi connectivity index (χ3v) is 8.97. The Morgan fingerprint density at radius 3 is 2.00 bits per heavy atom. The zero-order valence-electron chi connectivity index (χ0n) is 25.4. The van der Waals surface area contributed by atoms with Crippen LogP contribution in [0.5, 0.6) is 0 Å². The molecule has 4 aromatic carbocycles. The van der Waals surface area contributed by atoms with Crippen molar-refractivity contribution in [2.75, 3.05) is 10.8 Å². The summed E-state index contributed by atoms with van der Waals surface area (Å²) in [6.45, 7) is 7.05. The molecule has 0 radical (unpaired) electrons. The lowest BCUT2D eigenvalue weighted by molar-refractivity contribution is -0.140. The van der Waals surface area contributed by atoms with Gasteiger partial charge in [-0.05, 0) is 75.2 Å². The maximum Gasteiger partial charge on any atom is 0.264 e. The van der Waals surface area contributed by atoms with E-state index in [4.69, 9.17) is 11.6 Å². The molecular weight excluding hydrogens is 594 g/mol. The first kappa shape index (κ1) is 32.8. The molecule has 230 valence electrons. The first-order chi connectivity index (χ1) is 20.8. The highest BCUT2D eigenvalue weighted by Gasteiger charge is 2.35. The van der Waals surface area contributed by atoms with Gasteiger partial charge in [0.1, 0.15) is 12.6 Å². The van der Waals surface area contributed by atoms with E-state index in [2.05, 4.69) is 5.32 Å². The lowest BCUT2D eigenvalue weighted by atomic mass is 10.0. The summed E-state index contributed by atoms with van der Waals surface area (Å²) < 4.78 is 29.1. The highest BCUT2D eigenvalue weighted by atomic mass is 35.5. The second kappa shape index (κ2) is 14.1. The van der Waals surface area contributed by atoms with Gasteiger partial charge in [-0.25, -0.2) is 8.42 Å². The van der Waals surface area contributed by atoms with Gasteiger partial charge < -0.3 is 10.2 Å². The Kier molecular flexibility index (Phi) is 10.5. The average molecular weight is 632 g/mol. The third kappa shape index (κ3) is 8.71. The Bertz CT molecular complexity index is 1670. The van der Waals surface area contributed by atoms with Crippen molar-refractivity contribution in [3.05, 3.63) is 131 Å². The van der Waals surface area contributed by atoms with Crippen LogP contribution in [0.2, 0.25) is 5.02 Å². The number of hydrogen-bond donors (Lipinski definition) is 1. The number of amides is 2. The molecule has 0 bridgehead atoms. The van der Waals surface area contributed by atoms with E-state index in [0.29, 0.717) is 16.3 Å². The zero-order valence-corrected chi connectivity index (χ0v) is 27.0. The van der Waals surface area contributed by atoms with Crippen LogP contribution in [0.4, 0.5) is 5.69 Å². The molecule has 0 saturated heterocycles. The molecule has 0 spiro atoms. The maximum atomic E-state index is 14.5. The summed E-state index contributed by atoms with van der Waals surface area (Å²) in [5.41, 5.74) is 2.29. The molecular formula is C35H38ClN3O4S. The van der Waals surface area contributed by atoms with Crippen LogP contribution in [0.25, 0.3) is 0 Å². The summed E-state index contributed by atoms with van der Waals surface area (Å²) in [5.74, 6) is -0.875. The predicted molar refractivity (Wildman–Crippen MR) is 176 cm³/mol. The summed E-state index contributed by atoms with van der Waals surface area (Å²) in [5, 5.41) is 3.52. The van der Waals surface area contributed by atoms with E-state index in [1.54, 1.807) is 60.7 Å². The lowest BCUT2D eigenvalue weighted by Crippen LogP contribution is -2.56. The van der Waals surface area contributed by atoms with Gasteiger partial charge >= 0.3 is 0 Å². The fraction of sp³-hybridized carbons (Fsp3) is 0.257. The van der Waals surface area contributed by atoms with Gasteiger partial charge in [-0.15, -0.1) is 0 Å². The molecule has 1 atom stereocenters. The van der Waals surface area contributed by atoms with Crippen molar-refractivity contribution >= 4 is 39.1 Å². The highest BCUT2D eigenvalue weighted by molar-refractivity contribution is 7.92. The maximum absolute atomic E-state index is 14.5. The van der Waals surface area contributed by atoms with Crippen LogP contribution in [0.3, 0.4) is 0 Å². The van der Waals surface area contributed by atoms with E-state index in [0.717, 1.165) is 15.4 Å². The Morgan fingerprint density at radius 2 is 1.41 bits per heavy atom. The molecule has 4 rings (SSSR count). The van der Waals surface area contributed by atoms with Gasteiger partial charge in [0.05, 0.1) is 10.6 Å². The molecule has 0 heterocycles. The zero-order chi connectivity index (χ0) is 31.9. The fourth-order valence-electron chi connectivity index (χ4n) is 4.80. The standard InChI is InChI=1S/C35H38ClN3O4S/c1-26-18-20-30(21-19-26)39(44(42,43)31-16-9-6-10-17-31)25-33(40)38(24-28-14-11-15-29(36)22-28)32(34(41)37-35(2,3)4)23-27-12-7-5-8-13-27/h5-22,32H,23-25H2,1-4H3,(H,37,41)/t32-/m0/s1. The van der Waals surface area contributed by atoms with Gasteiger partial charge in [0.15, 0.2) is 0 Å². The summed E-state index contributed by atoms with van der Waals surface area (Å²) in [6.07, 6.45) is 0.227. The minimum atomic E-state index is -4.14. The minimum absolute atomic E-state index is 0.0432. The first-order valence-corrected chi connectivity index (χ1v) is 16.2. The number of anilines is 1. The number of rotatable bonds is 11. The summed E-state index contributed by atoms with van der Waals surface area (Å²) in [4.78, 5) is 29.9. The fourth-order valence-corrected chi connectivity index (χ4v) is 6.45. The molecule has 0 aliphatic heterocycles. The monoisotopic (exact) mass is 631 g/mol. The molecule has 0 aromatic heterocycles. The van der Waals surface area contributed by atoms with Gasteiger partial charge in [0.25, 0.3) is 10.0 Å². The molecule has 7 nitrogen and oxygen atoms in total. The summed E-state index contributed by atoms with van der Waals surface area (Å²) >= 11 is 6.30. The Balaban J connectivity index is 1.81. The quantitative estimate of drug-likeness (QED) is 0.208. The van der Waals surface area contributed by atoms with Crippen molar-refractivity contribution in [3.63, 3.8) is 0 Å². The van der Waals surface area contributed by atoms with Gasteiger partial charge in [0, 0.05) is 23.5 Å². The topological polar surface area (TPSA) is 86.8 Å². The number of aryl methyl sites for hydroxylation is 1. The van der Waals surface area contributed by atoms with E-state index in [-0.39, 0.29) is 23.8 Å². The van der Waals surface area contributed by atoms with Crippen LogP contribution in [-0.4, -0.2) is 43.3 Å². The van der Waals surface area contributed by atoms with Crippen LogP contribution < -0.4 is 9.62 Å². The number of carbonyl (C=O) groups is 2. The number of sulfonamides is 1. The third-order valence-electron chi connectivity index (χ3n) is 6.94. The number of benzene rings is 4. The van der Waals surface area contributed by atoms with Crippen LogP contribution in [0.1, 0.15) is 37.5 Å². The van der Waals surface area contributed by atoms with Crippen molar-refractivity contribution in [2.45, 2.75) is 57.1 Å². The Labute approximate surface area is 265 Å². The van der Waals surface area contributed by atoms with Crippen molar-refractivity contribution in [2.24, 2.45) is 0 Å². The molecule has 0 unspecified atom stereocenters. The summed E-state index contributed by atoms with van der Waals surface area (Å²) in [7, 11) is -4.14. The molecule has 4 aromatic rings. The summed E-state index contributed by atoms with van der Waals surface area (Å²) in [6, 6.07) is 30.5. The smallest absolute Gasteiger partial charge is 0.264 e. The Hall–Kier alpha value is -4.14. The van der Waals surface area contributed by atoms with Crippen molar-refractivity contribution in [1.29, 1.82) is 0 Å². The molecule has 0 aliphatic carbocycles. The van der Waals surface area contributed by atoms with Crippen molar-refractivity contribution < 1.29 is 18.0 Å². The number of halogens is 1. The highest BCUT2D eigenvalue weighted by Crippen LogP contribution is 2.26. The normalized spacial score (nSPS) is 12.3. The van der Waals surface area contributed by atoms with Crippen molar-refractivity contribution in [1.82, 2.24) is 10.2 Å². The molecule has 44 heavy (non-hydrogen) atoms. The number of hydrogen-bond acceptors (Lipinski definition) is 4. The Morgan fingerprint density at radius 1 is 0.818 bits per heavy atom. The number of nitrogens with zero attached hydrogens (tertiary/aromatic N) is 2. The van der Waals surface area contributed by atoms with E-state index in [9.17, 15) is 18.0 Å². The van der Waals surface area contributed by atoms with Gasteiger partial charge in [-0.1, -0.05) is 90.0 Å². The van der Waals surface area contributed by atoms with Gasteiger partial charge in [-0.2, -0.15) is 0 Å². The van der Waals surface area contributed by atoms with E-state index in [1.807, 2.05) is 64.1 Å². The first-order valence-electron chi connectivity index (χ1n) is 14.4. The predicted octanol–water partition coefficient (Wildman–Crippen LogP) is 6.40. The van der Waals surface area contributed by atoms with Crippen LogP contribution >= 0.6 is 11.6 Å². The van der Waals surface area contributed by atoms with Crippen LogP contribution in [0.15, 0.2) is 114 Å². The van der Waals surface area contributed by atoms with E-state index < -0.39 is 34.1 Å². The molecule has 0 aliphatic rings. The van der Waals surface area contributed by atoms with Crippen LogP contribution in [-0.2, 0) is 32.6 Å². The second-order valence-corrected chi connectivity index (χ2v) is 14.1. The molecule has 0 fully saturated rings. The minimum Gasteiger partial charge on any atom is -0.350 e. The van der Waals surface area contributed by atoms with E-state index in [1.165, 1.54) is 17.0 Å². The van der Waals surface area contributed by atoms with Crippen molar-refractivity contribution in [3.8, 4) is 0 Å². The van der Waals surface area contributed by atoms with Crippen LogP contribution in [0, 0.1) is 6.92 Å². The van der Waals surface area contributed by atoms with Gasteiger partial charge in [0.2, 0.25) is 11.8 Å². The lowest BCUT2D eigenvalue weighted by Gasteiger charge is -2.35. The molecule has 2 amide bonds. The van der Waals surface area contributed by atoms with E-state index >= 15 is 0 Å². The largest absolute Gasteiger partial charge is 0.350 e. The average Bonchev–Trinajstić information content (AvgIpc) is 2.98.